The minimum absolute atomic E-state index is 0.0332. The number of hydrogen-bond acceptors (Lipinski definition) is 5. The van der Waals surface area contributed by atoms with Crippen LogP contribution in [0.4, 0.5) is 0 Å². The van der Waals surface area contributed by atoms with E-state index in [0.29, 0.717) is 23.4 Å². The number of likely N-dealkylation sites (N-methyl/N-ethyl adjacent to an activating group) is 1. The second-order valence-electron chi connectivity index (χ2n) is 8.25. The van der Waals surface area contributed by atoms with Crippen LogP contribution in [0.3, 0.4) is 0 Å². The van der Waals surface area contributed by atoms with Crippen molar-refractivity contribution in [2.45, 2.75) is 46.2 Å². The van der Waals surface area contributed by atoms with Crippen molar-refractivity contribution < 1.29 is 19.3 Å². The van der Waals surface area contributed by atoms with Crippen LogP contribution in [0.1, 0.15) is 48.3 Å². The third-order valence-corrected chi connectivity index (χ3v) is 5.05. The molecule has 0 aromatic carbocycles. The third kappa shape index (κ3) is 4.45. The van der Waals surface area contributed by atoms with E-state index in [2.05, 4.69) is 10.4 Å². The highest BCUT2D eigenvalue weighted by Crippen LogP contribution is 2.21. The van der Waals surface area contributed by atoms with Gasteiger partial charge in [-0.1, -0.05) is 18.4 Å². The minimum atomic E-state index is -0.665. The number of nitrogens with one attached hydrogen (secondary N) is 2. The molecule has 1 aliphatic rings. The summed E-state index contributed by atoms with van der Waals surface area (Å²) >= 11 is 0. The average molecular weight is 427 g/mol. The van der Waals surface area contributed by atoms with Gasteiger partial charge in [-0.3, -0.25) is 9.59 Å². The number of nitriles is 1. The molecule has 2 aromatic rings. The zero-order valence-electron chi connectivity index (χ0n) is 18.1. The van der Waals surface area contributed by atoms with E-state index in [0.717, 1.165) is 12.8 Å². The fraction of sp³-hybridized carbons (Fsp3) is 0.476. The Balaban J connectivity index is 2.18. The molecule has 2 amide bonds. The number of aromatic amines is 1. The summed E-state index contributed by atoms with van der Waals surface area (Å²) in [4.78, 5) is 39.2. The molecule has 0 spiro atoms. The smallest absolute Gasteiger partial charge is 0.378 e. The minimum Gasteiger partial charge on any atom is -0.477 e. The zero-order valence-corrected chi connectivity index (χ0v) is 18.1. The SMILES string of the molecule is Cc1[nH]n2c(=O)c(C(=O)NC3CC3)c(O)[n+](CC(C)C)c2c1/C=C/C(=O)N(C)CC#N. The van der Waals surface area contributed by atoms with E-state index in [1.807, 2.05) is 19.9 Å². The maximum atomic E-state index is 13.1. The predicted molar refractivity (Wildman–Crippen MR) is 112 cm³/mol. The number of carbonyl (C=O) groups excluding carboxylic acids is 2. The van der Waals surface area contributed by atoms with Crippen LogP contribution in [-0.4, -0.2) is 51.1 Å². The van der Waals surface area contributed by atoms with Crippen molar-refractivity contribution >= 4 is 23.5 Å². The standard InChI is InChI=1S/C21H26N6O4/c1-12(2)11-26-19-15(7-8-16(28)25(4)10-9-22)13(3)24-27(19)21(31)17(20(26)30)18(29)23-14-5-6-14/h7-8,12,14H,5-6,10-11H2,1-4H3,(H2,23,29,30,31)/p+1/b8-7+. The lowest BCUT2D eigenvalue weighted by Crippen LogP contribution is -2.46. The van der Waals surface area contributed by atoms with Crippen LogP contribution in [0, 0.1) is 24.2 Å². The van der Waals surface area contributed by atoms with E-state index in [1.54, 1.807) is 6.92 Å². The van der Waals surface area contributed by atoms with Crippen LogP contribution < -0.4 is 15.4 Å². The second kappa shape index (κ2) is 8.63. The summed E-state index contributed by atoms with van der Waals surface area (Å²) in [5.41, 5.74) is 0.485. The van der Waals surface area contributed by atoms with Crippen LogP contribution in [0.2, 0.25) is 0 Å². The van der Waals surface area contributed by atoms with Crippen LogP contribution in [-0.2, 0) is 11.3 Å². The zero-order chi connectivity index (χ0) is 22.9. The molecule has 0 radical (unpaired) electrons. The van der Waals surface area contributed by atoms with Crippen molar-refractivity contribution in [3.63, 3.8) is 0 Å². The van der Waals surface area contributed by atoms with E-state index in [4.69, 9.17) is 5.26 Å². The number of rotatable bonds is 7. The first-order valence-corrected chi connectivity index (χ1v) is 10.2. The molecular weight excluding hydrogens is 400 g/mol. The summed E-state index contributed by atoms with van der Waals surface area (Å²) in [5.74, 6) is -1.28. The number of nitrogens with zero attached hydrogens (tertiary/aromatic N) is 4. The van der Waals surface area contributed by atoms with Gasteiger partial charge in [-0.2, -0.15) is 9.83 Å². The highest BCUT2D eigenvalue weighted by atomic mass is 16.3. The van der Waals surface area contributed by atoms with Gasteiger partial charge in [0.2, 0.25) is 11.5 Å². The summed E-state index contributed by atoms with van der Waals surface area (Å²) in [7, 11) is 1.51. The van der Waals surface area contributed by atoms with Gasteiger partial charge in [-0.15, -0.1) is 0 Å². The van der Waals surface area contributed by atoms with E-state index in [9.17, 15) is 19.5 Å². The van der Waals surface area contributed by atoms with Gasteiger partial charge in [-0.05, 0) is 31.8 Å². The Morgan fingerprint density at radius 1 is 1.45 bits per heavy atom. The summed E-state index contributed by atoms with van der Waals surface area (Å²) in [5, 5.41) is 25.4. The first-order valence-electron chi connectivity index (χ1n) is 10.2. The number of aryl methyl sites for hydroxylation is 1. The molecule has 0 saturated heterocycles. The number of aromatic nitrogens is 3. The molecule has 164 valence electrons. The number of aromatic hydroxyl groups is 1. The van der Waals surface area contributed by atoms with Crippen LogP contribution in [0.5, 0.6) is 5.88 Å². The Labute approximate surface area is 179 Å². The molecule has 0 atom stereocenters. The molecule has 3 rings (SSSR count). The first-order chi connectivity index (χ1) is 14.6. The number of carbonyl (C=O) groups is 2. The molecule has 31 heavy (non-hydrogen) atoms. The quantitative estimate of drug-likeness (QED) is 0.335. The molecule has 0 unspecified atom stereocenters. The molecule has 0 bridgehead atoms. The molecule has 10 heteroatoms. The summed E-state index contributed by atoms with van der Waals surface area (Å²) < 4.78 is 2.74. The number of fused-ring (bicyclic) bond motifs is 1. The van der Waals surface area contributed by atoms with E-state index < -0.39 is 17.3 Å². The topological polar surface area (TPSA) is 135 Å². The lowest BCUT2D eigenvalue weighted by Gasteiger charge is -2.10. The molecule has 1 aliphatic carbocycles. The second-order valence-corrected chi connectivity index (χ2v) is 8.25. The van der Waals surface area contributed by atoms with Gasteiger partial charge in [0.25, 0.3) is 5.91 Å². The molecule has 3 N–H and O–H groups in total. The van der Waals surface area contributed by atoms with Crippen LogP contribution in [0.25, 0.3) is 11.7 Å². The summed E-state index contributed by atoms with van der Waals surface area (Å²) in [6.07, 6.45) is 4.55. The molecule has 2 heterocycles. The Hall–Kier alpha value is -3.61. The van der Waals surface area contributed by atoms with E-state index >= 15 is 0 Å². The predicted octanol–water partition coefficient (Wildman–Crippen LogP) is 0.473. The fourth-order valence-electron chi connectivity index (χ4n) is 3.31. The van der Waals surface area contributed by atoms with Gasteiger partial charge in [0.15, 0.2) is 0 Å². The number of H-pyrrole nitrogens is 1. The van der Waals surface area contributed by atoms with Crippen LogP contribution in [0.15, 0.2) is 10.9 Å². The van der Waals surface area contributed by atoms with Gasteiger partial charge < -0.3 is 15.3 Å². The largest absolute Gasteiger partial charge is 0.477 e. The van der Waals surface area contributed by atoms with Gasteiger partial charge in [0.1, 0.15) is 6.54 Å². The maximum Gasteiger partial charge on any atom is 0.378 e. The molecule has 1 saturated carbocycles. The van der Waals surface area contributed by atoms with E-state index in [-0.39, 0.29) is 30.0 Å². The van der Waals surface area contributed by atoms with Crippen LogP contribution >= 0.6 is 0 Å². The maximum absolute atomic E-state index is 13.1. The molecule has 0 aliphatic heterocycles. The van der Waals surface area contributed by atoms with Gasteiger partial charge in [0, 0.05) is 19.2 Å². The molecule has 10 nitrogen and oxygen atoms in total. The molecule has 1 fully saturated rings. The lowest BCUT2D eigenvalue weighted by molar-refractivity contribution is -0.686. The average Bonchev–Trinajstić information content (AvgIpc) is 3.44. The fourth-order valence-corrected chi connectivity index (χ4v) is 3.31. The van der Waals surface area contributed by atoms with Gasteiger partial charge >= 0.3 is 17.1 Å². The van der Waals surface area contributed by atoms with Crippen molar-refractivity contribution in [1.82, 2.24) is 19.8 Å². The van der Waals surface area contributed by atoms with Gasteiger partial charge in [0.05, 0.1) is 23.9 Å². The Morgan fingerprint density at radius 2 is 2.13 bits per heavy atom. The summed E-state index contributed by atoms with van der Waals surface area (Å²) in [6.45, 7) is 5.93. The molecule has 2 aromatic heterocycles. The van der Waals surface area contributed by atoms with Crippen molar-refractivity contribution in [2.75, 3.05) is 13.6 Å². The molecular formula is C21H27N6O4+. The monoisotopic (exact) mass is 427 g/mol. The van der Waals surface area contributed by atoms with E-state index in [1.165, 1.54) is 33.2 Å². The van der Waals surface area contributed by atoms with Gasteiger partial charge in [-0.25, -0.2) is 9.89 Å². The Morgan fingerprint density at radius 3 is 2.71 bits per heavy atom. The normalized spacial score (nSPS) is 13.7. The Bertz CT molecular complexity index is 1160. The number of amides is 2. The van der Waals surface area contributed by atoms with Crippen molar-refractivity contribution in [1.29, 1.82) is 5.26 Å². The van der Waals surface area contributed by atoms with Crippen molar-refractivity contribution in [3.8, 4) is 11.9 Å². The first kappa shape index (κ1) is 22.1. The van der Waals surface area contributed by atoms with Crippen molar-refractivity contribution in [2.24, 2.45) is 5.92 Å². The number of hydrogen-bond donors (Lipinski definition) is 3. The highest BCUT2D eigenvalue weighted by molar-refractivity contribution is 5.96. The third-order valence-electron chi connectivity index (χ3n) is 5.05. The highest BCUT2D eigenvalue weighted by Gasteiger charge is 2.34. The summed E-state index contributed by atoms with van der Waals surface area (Å²) in [6, 6.07) is 1.94. The Kier molecular flexibility index (Phi) is 6.15. The van der Waals surface area contributed by atoms with Crippen molar-refractivity contribution in [3.05, 3.63) is 33.3 Å². The lowest BCUT2D eigenvalue weighted by atomic mass is 10.1.